The van der Waals surface area contributed by atoms with E-state index < -0.39 is 17.3 Å². The lowest BCUT2D eigenvalue weighted by Gasteiger charge is -2.27. The maximum atomic E-state index is 11.4. The molecular weight excluding hydrogens is 206 g/mol. The number of amides is 1. The lowest BCUT2D eigenvalue weighted by atomic mass is 9.95. The van der Waals surface area contributed by atoms with Gasteiger partial charge in [0.15, 0.2) is 0 Å². The van der Waals surface area contributed by atoms with Gasteiger partial charge in [0, 0.05) is 6.54 Å². The summed E-state index contributed by atoms with van der Waals surface area (Å²) in [7, 11) is 0. The molecule has 0 saturated carbocycles. The minimum Gasteiger partial charge on any atom is -0.444 e. The van der Waals surface area contributed by atoms with Crippen LogP contribution in [0.3, 0.4) is 0 Å². The van der Waals surface area contributed by atoms with E-state index in [1.807, 2.05) is 34.6 Å². The third-order valence-corrected chi connectivity index (χ3v) is 2.33. The van der Waals surface area contributed by atoms with Crippen molar-refractivity contribution in [2.75, 3.05) is 6.54 Å². The molecule has 1 unspecified atom stereocenters. The van der Waals surface area contributed by atoms with Crippen molar-refractivity contribution in [2.45, 2.75) is 65.1 Å². The van der Waals surface area contributed by atoms with Gasteiger partial charge >= 0.3 is 6.09 Å². The Balaban J connectivity index is 4.07. The van der Waals surface area contributed by atoms with Gasteiger partial charge in [0.2, 0.25) is 0 Å². The molecule has 0 saturated heterocycles. The van der Waals surface area contributed by atoms with Crippen LogP contribution in [0.2, 0.25) is 0 Å². The van der Waals surface area contributed by atoms with Gasteiger partial charge in [-0.2, -0.15) is 0 Å². The van der Waals surface area contributed by atoms with Crippen LogP contribution < -0.4 is 5.32 Å². The first-order valence-corrected chi connectivity index (χ1v) is 5.91. The van der Waals surface area contributed by atoms with E-state index in [0.717, 1.165) is 6.42 Å². The topological polar surface area (TPSA) is 58.6 Å². The fraction of sp³-hybridized carbons (Fsp3) is 0.917. The van der Waals surface area contributed by atoms with Crippen LogP contribution in [0.1, 0.15) is 53.9 Å². The normalized spacial score (nSPS) is 15.4. The summed E-state index contributed by atoms with van der Waals surface area (Å²) >= 11 is 0. The van der Waals surface area contributed by atoms with Crippen LogP contribution in [0.25, 0.3) is 0 Å². The van der Waals surface area contributed by atoms with Crippen LogP contribution in [0, 0.1) is 0 Å². The zero-order valence-electron chi connectivity index (χ0n) is 11.1. The smallest absolute Gasteiger partial charge is 0.407 e. The molecule has 0 aromatic rings. The first-order chi connectivity index (χ1) is 7.22. The molecule has 0 radical (unpaired) electrons. The summed E-state index contributed by atoms with van der Waals surface area (Å²) < 4.78 is 5.09. The summed E-state index contributed by atoms with van der Waals surface area (Å²) in [6.07, 6.45) is 1.71. The van der Waals surface area contributed by atoms with Gasteiger partial charge in [-0.25, -0.2) is 4.79 Å². The highest BCUT2D eigenvalue weighted by Gasteiger charge is 2.25. The van der Waals surface area contributed by atoms with Gasteiger partial charge in [-0.05, 0) is 33.6 Å². The van der Waals surface area contributed by atoms with Gasteiger partial charge in [-0.3, -0.25) is 0 Å². The average Bonchev–Trinajstić information content (AvgIpc) is 2.13. The van der Waals surface area contributed by atoms with Crippen molar-refractivity contribution in [3.05, 3.63) is 0 Å². The van der Waals surface area contributed by atoms with Gasteiger partial charge in [0.25, 0.3) is 0 Å². The lowest BCUT2D eigenvalue weighted by Crippen LogP contribution is -2.44. The monoisotopic (exact) mass is 231 g/mol. The zero-order chi connectivity index (χ0) is 12.8. The van der Waals surface area contributed by atoms with Crippen LogP contribution in [-0.4, -0.2) is 28.9 Å². The molecule has 0 fully saturated rings. The summed E-state index contributed by atoms with van der Waals surface area (Å²) in [5.41, 5.74) is -1.31. The van der Waals surface area contributed by atoms with Crippen LogP contribution in [0.15, 0.2) is 0 Å². The first kappa shape index (κ1) is 15.2. The van der Waals surface area contributed by atoms with Gasteiger partial charge in [-0.15, -0.1) is 0 Å². The fourth-order valence-corrected chi connectivity index (χ4v) is 1.41. The number of rotatable bonds is 5. The minimum absolute atomic E-state index is 0.242. The Morgan fingerprint density at radius 2 is 1.88 bits per heavy atom. The van der Waals surface area contributed by atoms with Crippen molar-refractivity contribution >= 4 is 6.09 Å². The molecule has 0 bridgehead atoms. The first-order valence-electron chi connectivity index (χ1n) is 5.91. The second kappa shape index (κ2) is 6.09. The van der Waals surface area contributed by atoms with E-state index in [1.54, 1.807) is 0 Å². The molecule has 1 amide bonds. The maximum Gasteiger partial charge on any atom is 0.407 e. The molecule has 4 nitrogen and oxygen atoms in total. The van der Waals surface area contributed by atoms with Gasteiger partial charge in [0.1, 0.15) is 5.60 Å². The summed E-state index contributed by atoms with van der Waals surface area (Å²) in [5, 5.41) is 12.7. The molecule has 0 rings (SSSR count). The Labute approximate surface area is 98.4 Å². The van der Waals surface area contributed by atoms with Crippen LogP contribution in [0.4, 0.5) is 4.79 Å². The van der Waals surface area contributed by atoms with E-state index in [1.165, 1.54) is 0 Å². The van der Waals surface area contributed by atoms with Gasteiger partial charge in [0.05, 0.1) is 5.60 Å². The molecule has 0 spiro atoms. The highest BCUT2D eigenvalue weighted by atomic mass is 16.6. The Kier molecular flexibility index (Phi) is 5.79. The Bertz CT molecular complexity index is 223. The highest BCUT2D eigenvalue weighted by Crippen LogP contribution is 2.16. The summed E-state index contributed by atoms with van der Waals surface area (Å²) in [6.45, 7) is 9.59. The molecule has 2 N–H and O–H groups in total. The molecule has 1 atom stereocenters. The van der Waals surface area contributed by atoms with Gasteiger partial charge in [-0.1, -0.05) is 20.3 Å². The standard InChI is InChI=1S/C12H25NO3/c1-6-8-12(15,7-2)9-13-10(14)16-11(3,4)5/h15H,6-9H2,1-5H3,(H,13,14). The number of alkyl carbamates (subject to hydrolysis) is 1. The van der Waals surface area contributed by atoms with Crippen molar-refractivity contribution in [2.24, 2.45) is 0 Å². The maximum absolute atomic E-state index is 11.4. The molecule has 4 heteroatoms. The van der Waals surface area contributed by atoms with E-state index in [4.69, 9.17) is 4.74 Å². The minimum atomic E-state index is -0.814. The number of carbonyl (C=O) groups excluding carboxylic acids is 1. The van der Waals surface area contributed by atoms with E-state index in [0.29, 0.717) is 12.8 Å². The Hall–Kier alpha value is -0.770. The molecule has 0 aliphatic rings. The van der Waals surface area contributed by atoms with Crippen molar-refractivity contribution in [1.82, 2.24) is 5.32 Å². The Morgan fingerprint density at radius 3 is 2.25 bits per heavy atom. The average molecular weight is 231 g/mol. The van der Waals surface area contributed by atoms with E-state index >= 15 is 0 Å². The highest BCUT2D eigenvalue weighted by molar-refractivity contribution is 5.67. The molecular formula is C12H25NO3. The van der Waals surface area contributed by atoms with Crippen LogP contribution in [0.5, 0.6) is 0 Å². The molecule has 0 aliphatic heterocycles. The number of carbonyl (C=O) groups is 1. The number of nitrogens with one attached hydrogen (secondary N) is 1. The van der Waals surface area contributed by atoms with Crippen LogP contribution in [-0.2, 0) is 4.74 Å². The molecule has 0 heterocycles. The summed E-state index contributed by atoms with van der Waals surface area (Å²) in [5.74, 6) is 0. The second-order valence-corrected chi connectivity index (χ2v) is 5.18. The van der Waals surface area contributed by atoms with Crippen LogP contribution >= 0.6 is 0 Å². The third kappa shape index (κ3) is 6.67. The number of hydrogen-bond acceptors (Lipinski definition) is 3. The number of ether oxygens (including phenoxy) is 1. The summed E-state index contributed by atoms with van der Waals surface area (Å²) in [4.78, 5) is 11.4. The zero-order valence-corrected chi connectivity index (χ0v) is 11.1. The number of hydrogen-bond donors (Lipinski definition) is 2. The predicted octanol–water partition coefficient (Wildman–Crippen LogP) is 2.45. The molecule has 16 heavy (non-hydrogen) atoms. The predicted molar refractivity (Wildman–Crippen MR) is 64.4 cm³/mol. The van der Waals surface area contributed by atoms with Crippen molar-refractivity contribution in [3.8, 4) is 0 Å². The third-order valence-electron chi connectivity index (χ3n) is 2.33. The summed E-state index contributed by atoms with van der Waals surface area (Å²) in [6, 6.07) is 0. The van der Waals surface area contributed by atoms with E-state index in [9.17, 15) is 9.90 Å². The van der Waals surface area contributed by atoms with E-state index in [-0.39, 0.29) is 6.54 Å². The van der Waals surface area contributed by atoms with Crippen molar-refractivity contribution < 1.29 is 14.6 Å². The molecule has 0 aliphatic carbocycles. The van der Waals surface area contributed by atoms with Gasteiger partial charge < -0.3 is 15.2 Å². The SMILES string of the molecule is CCCC(O)(CC)CNC(=O)OC(C)(C)C. The van der Waals surface area contributed by atoms with Crippen molar-refractivity contribution in [3.63, 3.8) is 0 Å². The fourth-order valence-electron chi connectivity index (χ4n) is 1.41. The molecule has 0 aromatic heterocycles. The molecule has 96 valence electrons. The molecule has 0 aromatic carbocycles. The number of aliphatic hydroxyl groups is 1. The van der Waals surface area contributed by atoms with Crippen molar-refractivity contribution in [1.29, 1.82) is 0 Å². The second-order valence-electron chi connectivity index (χ2n) is 5.18. The largest absolute Gasteiger partial charge is 0.444 e. The Morgan fingerprint density at radius 1 is 1.31 bits per heavy atom. The lowest BCUT2D eigenvalue weighted by molar-refractivity contribution is 0.0155. The quantitative estimate of drug-likeness (QED) is 0.764. The van der Waals surface area contributed by atoms with E-state index in [2.05, 4.69) is 5.32 Å².